The van der Waals surface area contributed by atoms with E-state index in [1.54, 1.807) is 24.9 Å². The number of hydrogen-bond acceptors (Lipinski definition) is 4. The Balaban J connectivity index is 1.82. The predicted octanol–water partition coefficient (Wildman–Crippen LogP) is 3.45. The van der Waals surface area contributed by atoms with E-state index in [9.17, 15) is 0 Å². The van der Waals surface area contributed by atoms with Crippen molar-refractivity contribution in [2.45, 2.75) is 4.90 Å². The Kier molecular flexibility index (Phi) is 4.98. The smallest absolute Gasteiger partial charge is 0.145 e. The lowest BCUT2D eigenvalue weighted by molar-refractivity contribution is 0.341. The topological polar surface area (TPSA) is 44.5 Å². The minimum Gasteiger partial charge on any atom is -0.497 e. The SMILES string of the molecule is COc1ccc(N)c(OCCSc2ccccc2)c1. The van der Waals surface area contributed by atoms with Gasteiger partial charge in [0.2, 0.25) is 0 Å². The van der Waals surface area contributed by atoms with Gasteiger partial charge in [0.15, 0.2) is 0 Å². The molecule has 0 unspecified atom stereocenters. The van der Waals surface area contributed by atoms with Crippen LogP contribution in [0.4, 0.5) is 5.69 Å². The lowest BCUT2D eigenvalue weighted by atomic mass is 10.3. The van der Waals surface area contributed by atoms with Gasteiger partial charge in [0, 0.05) is 16.7 Å². The molecule has 0 aliphatic rings. The second-order valence-corrected chi connectivity index (χ2v) is 5.08. The van der Waals surface area contributed by atoms with Crippen molar-refractivity contribution in [2.75, 3.05) is 25.2 Å². The van der Waals surface area contributed by atoms with Gasteiger partial charge in [-0.25, -0.2) is 0 Å². The van der Waals surface area contributed by atoms with Crippen LogP contribution in [0.5, 0.6) is 11.5 Å². The normalized spacial score (nSPS) is 10.2. The zero-order valence-corrected chi connectivity index (χ0v) is 11.7. The first-order chi connectivity index (χ1) is 9.29. The van der Waals surface area contributed by atoms with Crippen molar-refractivity contribution in [2.24, 2.45) is 0 Å². The van der Waals surface area contributed by atoms with Crippen LogP contribution in [-0.2, 0) is 0 Å². The summed E-state index contributed by atoms with van der Waals surface area (Å²) in [5.41, 5.74) is 6.48. The van der Waals surface area contributed by atoms with Crippen LogP contribution in [0.2, 0.25) is 0 Å². The maximum absolute atomic E-state index is 5.85. The van der Waals surface area contributed by atoms with E-state index < -0.39 is 0 Å². The molecule has 0 atom stereocenters. The molecule has 2 aromatic carbocycles. The number of benzene rings is 2. The summed E-state index contributed by atoms with van der Waals surface area (Å²) in [4.78, 5) is 1.24. The second-order valence-electron chi connectivity index (χ2n) is 3.91. The van der Waals surface area contributed by atoms with Crippen LogP contribution in [0, 0.1) is 0 Å². The summed E-state index contributed by atoms with van der Waals surface area (Å²) in [5.74, 6) is 2.30. The second kappa shape index (κ2) is 6.95. The highest BCUT2D eigenvalue weighted by molar-refractivity contribution is 7.99. The highest BCUT2D eigenvalue weighted by Crippen LogP contribution is 2.27. The lowest BCUT2D eigenvalue weighted by Gasteiger charge is -2.10. The number of ether oxygens (including phenoxy) is 2. The van der Waals surface area contributed by atoms with Gasteiger partial charge in [-0.15, -0.1) is 11.8 Å². The molecule has 19 heavy (non-hydrogen) atoms. The van der Waals surface area contributed by atoms with E-state index in [0.717, 1.165) is 11.5 Å². The van der Waals surface area contributed by atoms with Crippen molar-refractivity contribution in [1.29, 1.82) is 0 Å². The van der Waals surface area contributed by atoms with E-state index in [0.29, 0.717) is 18.0 Å². The molecular weight excluding hydrogens is 258 g/mol. The van der Waals surface area contributed by atoms with Crippen LogP contribution in [0.25, 0.3) is 0 Å². The fourth-order valence-electron chi connectivity index (χ4n) is 1.59. The zero-order valence-electron chi connectivity index (χ0n) is 10.8. The fourth-order valence-corrected chi connectivity index (χ4v) is 2.35. The lowest BCUT2D eigenvalue weighted by Crippen LogP contribution is -2.02. The van der Waals surface area contributed by atoms with Crippen molar-refractivity contribution in [3.05, 3.63) is 48.5 Å². The van der Waals surface area contributed by atoms with Crippen LogP contribution in [0.15, 0.2) is 53.4 Å². The maximum atomic E-state index is 5.85. The van der Waals surface area contributed by atoms with Gasteiger partial charge in [-0.3, -0.25) is 0 Å². The standard InChI is InChI=1S/C15H17NO2S/c1-17-12-7-8-14(16)15(11-12)18-9-10-19-13-5-3-2-4-6-13/h2-8,11H,9-10,16H2,1H3. The third-order valence-electron chi connectivity index (χ3n) is 2.57. The van der Waals surface area contributed by atoms with Crippen molar-refractivity contribution in [3.8, 4) is 11.5 Å². The van der Waals surface area contributed by atoms with E-state index in [-0.39, 0.29) is 0 Å². The van der Waals surface area contributed by atoms with E-state index in [4.69, 9.17) is 15.2 Å². The molecule has 2 aromatic rings. The number of anilines is 1. The molecule has 0 spiro atoms. The minimum absolute atomic E-state index is 0.608. The van der Waals surface area contributed by atoms with Crippen LogP contribution in [0.3, 0.4) is 0 Å². The predicted molar refractivity (Wildman–Crippen MR) is 80.1 cm³/mol. The number of thioether (sulfide) groups is 1. The van der Waals surface area contributed by atoms with E-state index in [1.807, 2.05) is 30.3 Å². The first-order valence-electron chi connectivity index (χ1n) is 6.04. The molecule has 0 saturated heterocycles. The Labute approximate surface area is 117 Å². The molecule has 0 aromatic heterocycles. The quantitative estimate of drug-likeness (QED) is 0.498. The summed E-state index contributed by atoms with van der Waals surface area (Å²) in [7, 11) is 1.63. The number of hydrogen-bond donors (Lipinski definition) is 1. The summed E-state index contributed by atoms with van der Waals surface area (Å²) in [6.45, 7) is 0.608. The van der Waals surface area contributed by atoms with Gasteiger partial charge in [-0.2, -0.15) is 0 Å². The maximum Gasteiger partial charge on any atom is 0.145 e. The molecule has 0 aliphatic carbocycles. The molecule has 100 valence electrons. The van der Waals surface area contributed by atoms with Crippen molar-refractivity contribution >= 4 is 17.4 Å². The molecule has 0 bridgehead atoms. The Bertz CT molecular complexity index is 517. The summed E-state index contributed by atoms with van der Waals surface area (Å²) in [5, 5.41) is 0. The van der Waals surface area contributed by atoms with Crippen molar-refractivity contribution < 1.29 is 9.47 Å². The molecule has 0 amide bonds. The number of nitrogens with two attached hydrogens (primary N) is 1. The average molecular weight is 275 g/mol. The van der Waals surface area contributed by atoms with Gasteiger partial charge in [-0.1, -0.05) is 18.2 Å². The van der Waals surface area contributed by atoms with Gasteiger partial charge in [0.25, 0.3) is 0 Å². The molecular formula is C15H17NO2S. The van der Waals surface area contributed by atoms with E-state index >= 15 is 0 Å². The first-order valence-corrected chi connectivity index (χ1v) is 7.02. The summed E-state index contributed by atoms with van der Waals surface area (Å²) in [6.07, 6.45) is 0. The van der Waals surface area contributed by atoms with Gasteiger partial charge in [0.05, 0.1) is 19.4 Å². The summed E-state index contributed by atoms with van der Waals surface area (Å²) >= 11 is 1.76. The van der Waals surface area contributed by atoms with E-state index in [2.05, 4.69) is 12.1 Å². The van der Waals surface area contributed by atoms with Crippen LogP contribution < -0.4 is 15.2 Å². The van der Waals surface area contributed by atoms with Gasteiger partial charge < -0.3 is 15.2 Å². The highest BCUT2D eigenvalue weighted by atomic mass is 32.2. The molecule has 3 nitrogen and oxygen atoms in total. The Morgan fingerprint density at radius 1 is 1.11 bits per heavy atom. The highest BCUT2D eigenvalue weighted by Gasteiger charge is 2.02. The zero-order chi connectivity index (χ0) is 13.5. The monoisotopic (exact) mass is 275 g/mol. The number of nitrogen functional groups attached to an aromatic ring is 1. The van der Waals surface area contributed by atoms with Gasteiger partial charge >= 0.3 is 0 Å². The number of methoxy groups -OCH3 is 1. The molecule has 0 radical (unpaired) electrons. The Hall–Kier alpha value is -1.81. The van der Waals surface area contributed by atoms with Gasteiger partial charge in [-0.05, 0) is 24.3 Å². The average Bonchev–Trinajstić information content (AvgIpc) is 2.46. The summed E-state index contributed by atoms with van der Waals surface area (Å²) in [6, 6.07) is 15.7. The third kappa shape index (κ3) is 4.10. The largest absolute Gasteiger partial charge is 0.497 e. The Morgan fingerprint density at radius 3 is 2.63 bits per heavy atom. The molecule has 4 heteroatoms. The number of rotatable bonds is 6. The first kappa shape index (κ1) is 13.6. The summed E-state index contributed by atoms with van der Waals surface area (Å²) < 4.78 is 10.8. The van der Waals surface area contributed by atoms with Crippen LogP contribution >= 0.6 is 11.8 Å². The van der Waals surface area contributed by atoms with Crippen LogP contribution in [0.1, 0.15) is 0 Å². The minimum atomic E-state index is 0.608. The molecule has 0 fully saturated rings. The van der Waals surface area contributed by atoms with Gasteiger partial charge in [0.1, 0.15) is 11.5 Å². The van der Waals surface area contributed by atoms with Crippen molar-refractivity contribution in [3.63, 3.8) is 0 Å². The molecule has 2 rings (SSSR count). The van der Waals surface area contributed by atoms with E-state index in [1.165, 1.54) is 4.90 Å². The van der Waals surface area contributed by atoms with Crippen molar-refractivity contribution in [1.82, 2.24) is 0 Å². The molecule has 0 saturated carbocycles. The van der Waals surface area contributed by atoms with Crippen LogP contribution in [-0.4, -0.2) is 19.5 Å². The fraction of sp³-hybridized carbons (Fsp3) is 0.200. The third-order valence-corrected chi connectivity index (χ3v) is 3.55. The molecule has 0 heterocycles. The molecule has 2 N–H and O–H groups in total. The molecule has 0 aliphatic heterocycles. The Morgan fingerprint density at radius 2 is 1.89 bits per heavy atom.